The molecule has 1 atom stereocenters. The van der Waals surface area contributed by atoms with E-state index >= 15 is 0 Å². The molecule has 1 aliphatic carbocycles. The summed E-state index contributed by atoms with van der Waals surface area (Å²) < 4.78 is 5.28. The van der Waals surface area contributed by atoms with Gasteiger partial charge in [-0.05, 0) is 34.4 Å². The zero-order valence-corrected chi connectivity index (χ0v) is 14.2. The van der Waals surface area contributed by atoms with Gasteiger partial charge in [0.15, 0.2) is 5.60 Å². The van der Waals surface area contributed by atoms with Gasteiger partial charge in [-0.3, -0.25) is 14.9 Å². The zero-order chi connectivity index (χ0) is 18.7. The van der Waals surface area contributed by atoms with Crippen molar-refractivity contribution in [2.24, 2.45) is 5.73 Å². The third kappa shape index (κ3) is 3.27. The molecule has 6 heteroatoms. The number of non-ortho nitro benzene ring substituents is 1. The molecule has 0 heterocycles. The number of amides is 1. The summed E-state index contributed by atoms with van der Waals surface area (Å²) in [6.45, 7) is 0. The number of carbonyl (C=O) groups is 1. The highest BCUT2D eigenvalue weighted by Crippen LogP contribution is 2.31. The number of nitrogens with zero attached hydrogens (tertiary/aromatic N) is 1. The molecule has 0 saturated heterocycles. The van der Waals surface area contributed by atoms with Crippen LogP contribution in [0.5, 0.6) is 0 Å². The van der Waals surface area contributed by atoms with Crippen LogP contribution in [-0.4, -0.2) is 23.5 Å². The predicted octanol–water partition coefficient (Wildman–Crippen LogP) is 3.48. The minimum Gasteiger partial charge on any atom is -0.367 e. The Bertz CT molecular complexity index is 933. The number of rotatable bonds is 5. The van der Waals surface area contributed by atoms with Gasteiger partial charge in [-0.1, -0.05) is 42.5 Å². The first kappa shape index (κ1) is 17.6. The summed E-state index contributed by atoms with van der Waals surface area (Å²) in [7, 11) is 1.46. The number of methoxy groups -OCH3 is 1. The van der Waals surface area contributed by atoms with Crippen molar-refractivity contribution in [2.45, 2.75) is 12.0 Å². The molecule has 0 radical (unpaired) electrons. The number of primary amides is 1. The lowest BCUT2D eigenvalue weighted by Crippen LogP contribution is -2.44. The molecular weight excluding hydrogens is 332 g/mol. The summed E-state index contributed by atoms with van der Waals surface area (Å²) >= 11 is 0. The van der Waals surface area contributed by atoms with Crippen LogP contribution in [0.15, 0.2) is 66.8 Å². The third-order valence-electron chi connectivity index (χ3n) is 4.52. The molecule has 2 N–H and O–H groups in total. The smallest absolute Gasteiger partial charge is 0.270 e. The minimum absolute atomic E-state index is 0.0519. The SMILES string of the molecule is COC1(C(N)=O)C=CC(c2cccc(-c3cccc([N+](=O)[O-])c3)c2)=CC1. The zero-order valence-electron chi connectivity index (χ0n) is 14.2. The number of nitrogens with two attached hydrogens (primary N) is 1. The van der Waals surface area contributed by atoms with Gasteiger partial charge in [0, 0.05) is 25.7 Å². The Kier molecular flexibility index (Phi) is 4.69. The standard InChI is InChI=1S/C20H18N2O4/c1-26-20(19(21)23)10-8-14(9-11-20)15-4-2-5-16(12-15)17-6-3-7-18(13-17)22(24)25/h2-10,12-13H,11H2,1H3,(H2,21,23). The van der Waals surface area contributed by atoms with Gasteiger partial charge in [0.1, 0.15) is 0 Å². The fourth-order valence-electron chi connectivity index (χ4n) is 2.95. The average molecular weight is 350 g/mol. The van der Waals surface area contributed by atoms with E-state index in [9.17, 15) is 14.9 Å². The quantitative estimate of drug-likeness (QED) is 0.659. The Morgan fingerprint density at radius 3 is 2.38 bits per heavy atom. The van der Waals surface area contributed by atoms with Crippen LogP contribution in [0.25, 0.3) is 16.7 Å². The number of ether oxygens (including phenoxy) is 1. The van der Waals surface area contributed by atoms with E-state index in [-0.39, 0.29) is 5.69 Å². The molecule has 1 amide bonds. The lowest BCUT2D eigenvalue weighted by molar-refractivity contribution is -0.384. The van der Waals surface area contributed by atoms with Gasteiger partial charge in [-0.15, -0.1) is 0 Å². The number of nitro groups is 1. The van der Waals surface area contributed by atoms with Gasteiger partial charge in [0.25, 0.3) is 11.6 Å². The van der Waals surface area contributed by atoms with Gasteiger partial charge in [-0.25, -0.2) is 0 Å². The number of carbonyl (C=O) groups excluding carboxylic acids is 1. The third-order valence-corrected chi connectivity index (χ3v) is 4.52. The second-order valence-corrected chi connectivity index (χ2v) is 6.04. The van der Waals surface area contributed by atoms with Crippen molar-refractivity contribution in [1.29, 1.82) is 0 Å². The minimum atomic E-state index is -1.11. The van der Waals surface area contributed by atoms with Gasteiger partial charge in [0.2, 0.25) is 0 Å². The molecule has 0 aliphatic heterocycles. The lowest BCUT2D eigenvalue weighted by Gasteiger charge is -2.27. The predicted molar refractivity (Wildman–Crippen MR) is 99.2 cm³/mol. The van der Waals surface area contributed by atoms with Gasteiger partial charge < -0.3 is 10.5 Å². The molecule has 0 bridgehead atoms. The van der Waals surface area contributed by atoms with E-state index in [1.54, 1.807) is 18.2 Å². The molecule has 0 fully saturated rings. The maximum Gasteiger partial charge on any atom is 0.270 e. The largest absolute Gasteiger partial charge is 0.367 e. The van der Waals surface area contributed by atoms with E-state index in [4.69, 9.17) is 10.5 Å². The highest BCUT2D eigenvalue weighted by molar-refractivity contribution is 5.89. The van der Waals surface area contributed by atoms with E-state index in [0.29, 0.717) is 6.42 Å². The van der Waals surface area contributed by atoms with Crippen molar-refractivity contribution in [2.75, 3.05) is 7.11 Å². The summed E-state index contributed by atoms with van der Waals surface area (Å²) in [6, 6.07) is 14.2. The van der Waals surface area contributed by atoms with E-state index in [0.717, 1.165) is 22.3 Å². The molecule has 26 heavy (non-hydrogen) atoms. The van der Waals surface area contributed by atoms with Crippen molar-refractivity contribution in [3.05, 3.63) is 82.4 Å². The van der Waals surface area contributed by atoms with Crippen LogP contribution in [0.4, 0.5) is 5.69 Å². The first-order chi connectivity index (χ1) is 12.4. The molecule has 1 unspecified atom stereocenters. The molecule has 2 aromatic carbocycles. The first-order valence-corrected chi connectivity index (χ1v) is 8.05. The molecule has 132 valence electrons. The van der Waals surface area contributed by atoms with E-state index in [1.807, 2.05) is 42.5 Å². The normalized spacial score (nSPS) is 19.0. The fraction of sp³-hybridized carbons (Fsp3) is 0.150. The number of hydrogen-bond donors (Lipinski definition) is 1. The molecule has 6 nitrogen and oxygen atoms in total. The molecule has 3 rings (SSSR count). The Labute approximate surface area is 150 Å². The van der Waals surface area contributed by atoms with Crippen LogP contribution in [0.2, 0.25) is 0 Å². The molecule has 0 spiro atoms. The van der Waals surface area contributed by atoms with E-state index < -0.39 is 16.4 Å². The molecule has 0 aromatic heterocycles. The second-order valence-electron chi connectivity index (χ2n) is 6.04. The van der Waals surface area contributed by atoms with Crippen LogP contribution >= 0.6 is 0 Å². The number of benzene rings is 2. The van der Waals surface area contributed by atoms with Crippen molar-refractivity contribution < 1.29 is 14.5 Å². The molecular formula is C20H18N2O4. The number of allylic oxidation sites excluding steroid dienone is 2. The Hall–Kier alpha value is -3.25. The van der Waals surface area contributed by atoms with E-state index in [1.165, 1.54) is 13.2 Å². The van der Waals surface area contributed by atoms with Gasteiger partial charge in [-0.2, -0.15) is 0 Å². The number of hydrogen-bond acceptors (Lipinski definition) is 4. The number of nitro benzene ring substituents is 1. The van der Waals surface area contributed by atoms with E-state index in [2.05, 4.69) is 0 Å². The second kappa shape index (κ2) is 6.93. The van der Waals surface area contributed by atoms with Crippen LogP contribution in [0.1, 0.15) is 12.0 Å². The van der Waals surface area contributed by atoms with Crippen molar-refractivity contribution in [3.8, 4) is 11.1 Å². The van der Waals surface area contributed by atoms with Crippen molar-refractivity contribution >= 4 is 17.2 Å². The van der Waals surface area contributed by atoms with Crippen LogP contribution in [-0.2, 0) is 9.53 Å². The molecule has 0 saturated carbocycles. The average Bonchev–Trinajstić information content (AvgIpc) is 2.68. The maximum atomic E-state index is 11.6. The van der Waals surface area contributed by atoms with Crippen molar-refractivity contribution in [3.63, 3.8) is 0 Å². The maximum absolute atomic E-state index is 11.6. The molecule has 1 aliphatic rings. The van der Waals surface area contributed by atoms with Crippen LogP contribution < -0.4 is 5.73 Å². The highest BCUT2D eigenvalue weighted by Gasteiger charge is 2.34. The van der Waals surface area contributed by atoms with Crippen LogP contribution in [0, 0.1) is 10.1 Å². The molecule has 2 aromatic rings. The van der Waals surface area contributed by atoms with Crippen LogP contribution in [0.3, 0.4) is 0 Å². The summed E-state index contributed by atoms with van der Waals surface area (Å²) in [6.07, 6.45) is 5.74. The Morgan fingerprint density at radius 1 is 1.15 bits per heavy atom. The lowest BCUT2D eigenvalue weighted by atomic mass is 9.88. The monoisotopic (exact) mass is 350 g/mol. The summed E-state index contributed by atoms with van der Waals surface area (Å²) in [5, 5.41) is 11.0. The van der Waals surface area contributed by atoms with Crippen molar-refractivity contribution in [1.82, 2.24) is 0 Å². The first-order valence-electron chi connectivity index (χ1n) is 8.05. The highest BCUT2D eigenvalue weighted by atomic mass is 16.6. The topological polar surface area (TPSA) is 95.5 Å². The Morgan fingerprint density at radius 2 is 1.81 bits per heavy atom. The van der Waals surface area contributed by atoms with Gasteiger partial charge >= 0.3 is 0 Å². The summed E-state index contributed by atoms with van der Waals surface area (Å²) in [4.78, 5) is 22.2. The summed E-state index contributed by atoms with van der Waals surface area (Å²) in [5.74, 6) is -0.531. The fourth-order valence-corrected chi connectivity index (χ4v) is 2.95. The Balaban J connectivity index is 1.92. The van der Waals surface area contributed by atoms with Gasteiger partial charge in [0.05, 0.1) is 4.92 Å². The summed E-state index contributed by atoms with van der Waals surface area (Å²) in [5.41, 5.74) is 7.90.